The standard InChI is InChI=1S/C30H28Cl2F3N3O2/c1-29(2,3)14-24-30(15-36,19-10-8-16(31)12-21(19)33)25(18-6-5-7-20(32)26(18)35)27(38-24)28(39)37-23-11-9-17(40-4)13-22(23)34/h5-13,24-25,27,38H,14H2,1-4H3,(H,37,39)/t24-,25-,27+,30-/m0/s1. The Labute approximate surface area is 241 Å². The van der Waals surface area contributed by atoms with Gasteiger partial charge in [-0.15, -0.1) is 0 Å². The van der Waals surface area contributed by atoms with Crippen LogP contribution in [0.2, 0.25) is 10.0 Å². The van der Waals surface area contributed by atoms with Gasteiger partial charge in [-0.1, -0.05) is 62.2 Å². The van der Waals surface area contributed by atoms with E-state index in [0.717, 1.165) is 12.1 Å². The van der Waals surface area contributed by atoms with Crippen LogP contribution in [0.25, 0.3) is 0 Å². The van der Waals surface area contributed by atoms with E-state index < -0.39 is 52.2 Å². The number of carbonyl (C=O) groups is 1. The Morgan fingerprint density at radius 3 is 2.42 bits per heavy atom. The second kappa shape index (κ2) is 11.3. The summed E-state index contributed by atoms with van der Waals surface area (Å²) in [5.41, 5.74) is -2.42. The van der Waals surface area contributed by atoms with Gasteiger partial charge in [-0.2, -0.15) is 5.26 Å². The number of methoxy groups -OCH3 is 1. The van der Waals surface area contributed by atoms with Crippen LogP contribution in [-0.4, -0.2) is 25.1 Å². The lowest BCUT2D eigenvalue weighted by Crippen LogP contribution is -2.45. The summed E-state index contributed by atoms with van der Waals surface area (Å²) in [7, 11) is 1.38. The van der Waals surface area contributed by atoms with Crippen LogP contribution in [0.4, 0.5) is 18.9 Å². The Morgan fingerprint density at radius 1 is 1.10 bits per heavy atom. The van der Waals surface area contributed by atoms with Gasteiger partial charge in [-0.25, -0.2) is 13.2 Å². The minimum Gasteiger partial charge on any atom is -0.497 e. The molecule has 1 aliphatic heterocycles. The highest BCUT2D eigenvalue weighted by Crippen LogP contribution is 2.53. The van der Waals surface area contributed by atoms with Crippen molar-refractivity contribution in [3.8, 4) is 11.8 Å². The molecule has 1 aliphatic rings. The molecule has 4 atom stereocenters. The Hall–Kier alpha value is -3.25. The maximum Gasteiger partial charge on any atom is 0.242 e. The molecular weight excluding hydrogens is 562 g/mol. The number of nitriles is 1. The zero-order chi connectivity index (χ0) is 29.4. The van der Waals surface area contributed by atoms with Crippen LogP contribution < -0.4 is 15.4 Å². The second-order valence-electron chi connectivity index (χ2n) is 11.0. The SMILES string of the molecule is COc1ccc(NC(=O)[C@@H]2N[C@@H](CC(C)(C)C)[C@](C#N)(c3ccc(Cl)cc3F)[C@H]2c2cccc(Cl)c2F)c(F)c1. The van der Waals surface area contributed by atoms with E-state index in [1.807, 2.05) is 20.8 Å². The van der Waals surface area contributed by atoms with Crippen LogP contribution in [0.5, 0.6) is 5.75 Å². The molecule has 1 heterocycles. The molecule has 0 aliphatic carbocycles. The highest BCUT2D eigenvalue weighted by Gasteiger charge is 2.61. The van der Waals surface area contributed by atoms with E-state index in [4.69, 9.17) is 27.9 Å². The number of rotatable bonds is 6. The van der Waals surface area contributed by atoms with Crippen molar-refractivity contribution in [2.45, 2.75) is 50.6 Å². The summed E-state index contributed by atoms with van der Waals surface area (Å²) < 4.78 is 51.2. The molecule has 1 saturated heterocycles. The van der Waals surface area contributed by atoms with Gasteiger partial charge < -0.3 is 15.4 Å². The molecule has 1 fully saturated rings. The highest BCUT2D eigenvalue weighted by atomic mass is 35.5. The smallest absolute Gasteiger partial charge is 0.242 e. The molecule has 10 heteroatoms. The summed E-state index contributed by atoms with van der Waals surface area (Å²) in [5, 5.41) is 16.5. The van der Waals surface area contributed by atoms with Crippen molar-refractivity contribution in [1.82, 2.24) is 5.32 Å². The van der Waals surface area contributed by atoms with Gasteiger partial charge in [-0.3, -0.25) is 4.79 Å². The molecule has 0 spiro atoms. The van der Waals surface area contributed by atoms with Crippen LogP contribution in [0.3, 0.4) is 0 Å². The third kappa shape index (κ3) is 5.51. The number of anilines is 1. The van der Waals surface area contributed by atoms with Gasteiger partial charge in [0.25, 0.3) is 0 Å². The van der Waals surface area contributed by atoms with Crippen molar-refractivity contribution in [1.29, 1.82) is 5.26 Å². The molecule has 1 amide bonds. The fraction of sp³-hybridized carbons (Fsp3) is 0.333. The Morgan fingerprint density at radius 2 is 1.82 bits per heavy atom. The second-order valence-corrected chi connectivity index (χ2v) is 11.9. The monoisotopic (exact) mass is 589 g/mol. The van der Waals surface area contributed by atoms with Gasteiger partial charge in [0.2, 0.25) is 5.91 Å². The van der Waals surface area contributed by atoms with Crippen molar-refractivity contribution < 1.29 is 22.7 Å². The number of carbonyl (C=O) groups excluding carboxylic acids is 1. The van der Waals surface area contributed by atoms with Crippen LogP contribution >= 0.6 is 23.2 Å². The third-order valence-corrected chi connectivity index (χ3v) is 7.69. The first kappa shape index (κ1) is 29.7. The first-order valence-corrected chi connectivity index (χ1v) is 13.3. The maximum atomic E-state index is 15.7. The number of amides is 1. The number of hydrogen-bond acceptors (Lipinski definition) is 4. The number of hydrogen-bond donors (Lipinski definition) is 2. The van der Waals surface area contributed by atoms with E-state index in [1.54, 1.807) is 0 Å². The number of nitrogens with one attached hydrogen (secondary N) is 2. The fourth-order valence-electron chi connectivity index (χ4n) is 5.49. The van der Waals surface area contributed by atoms with Gasteiger partial charge in [0, 0.05) is 28.6 Å². The molecule has 4 rings (SSSR count). The van der Waals surface area contributed by atoms with Crippen molar-refractivity contribution in [2.24, 2.45) is 5.41 Å². The molecule has 5 nitrogen and oxygen atoms in total. The predicted octanol–water partition coefficient (Wildman–Crippen LogP) is 7.38. The van der Waals surface area contributed by atoms with Crippen LogP contribution in [0.1, 0.15) is 44.2 Å². The summed E-state index contributed by atoms with van der Waals surface area (Å²) in [6, 6.07) is 12.2. The zero-order valence-electron chi connectivity index (χ0n) is 22.3. The average molecular weight is 590 g/mol. The molecule has 210 valence electrons. The number of nitrogens with zero attached hydrogens (tertiary/aromatic N) is 1. The van der Waals surface area contributed by atoms with Crippen LogP contribution in [-0.2, 0) is 10.2 Å². The van der Waals surface area contributed by atoms with Crippen molar-refractivity contribution in [2.75, 3.05) is 12.4 Å². The summed E-state index contributed by atoms with van der Waals surface area (Å²) in [6.45, 7) is 5.80. The van der Waals surface area contributed by atoms with E-state index in [-0.39, 0.29) is 32.6 Å². The van der Waals surface area contributed by atoms with Crippen LogP contribution in [0, 0.1) is 34.2 Å². The lowest BCUT2D eigenvalue weighted by molar-refractivity contribution is -0.118. The van der Waals surface area contributed by atoms with Gasteiger partial charge in [0.1, 0.15) is 28.6 Å². The minimum absolute atomic E-state index is 0.0450. The van der Waals surface area contributed by atoms with Gasteiger partial charge >= 0.3 is 0 Å². The molecule has 3 aromatic carbocycles. The van der Waals surface area contributed by atoms with Gasteiger partial charge in [0.05, 0.1) is 29.9 Å². The number of benzene rings is 3. The van der Waals surface area contributed by atoms with Crippen LogP contribution in [0.15, 0.2) is 54.6 Å². The van der Waals surface area contributed by atoms with Crippen molar-refractivity contribution in [3.63, 3.8) is 0 Å². The molecule has 0 unspecified atom stereocenters. The largest absolute Gasteiger partial charge is 0.497 e. The Balaban J connectivity index is 1.95. The highest BCUT2D eigenvalue weighted by molar-refractivity contribution is 6.31. The van der Waals surface area contributed by atoms with Crippen molar-refractivity contribution in [3.05, 3.63) is 93.2 Å². The third-order valence-electron chi connectivity index (χ3n) is 7.17. The summed E-state index contributed by atoms with van der Waals surface area (Å²) in [4.78, 5) is 13.8. The summed E-state index contributed by atoms with van der Waals surface area (Å²) >= 11 is 12.2. The minimum atomic E-state index is -1.78. The van der Waals surface area contributed by atoms with E-state index in [1.165, 1.54) is 49.6 Å². The molecular formula is C30H28Cl2F3N3O2. The molecule has 0 saturated carbocycles. The first-order valence-electron chi connectivity index (χ1n) is 12.5. The molecule has 0 bridgehead atoms. The molecule has 0 radical (unpaired) electrons. The van der Waals surface area contributed by atoms with Gasteiger partial charge in [0.15, 0.2) is 0 Å². The van der Waals surface area contributed by atoms with Gasteiger partial charge in [-0.05, 0) is 47.7 Å². The quantitative estimate of drug-likeness (QED) is 0.314. The van der Waals surface area contributed by atoms with E-state index in [0.29, 0.717) is 6.42 Å². The lowest BCUT2D eigenvalue weighted by atomic mass is 9.62. The fourth-order valence-corrected chi connectivity index (χ4v) is 5.83. The van der Waals surface area contributed by atoms with E-state index in [9.17, 15) is 14.4 Å². The molecule has 2 N–H and O–H groups in total. The topological polar surface area (TPSA) is 74.2 Å². The molecule has 40 heavy (non-hydrogen) atoms. The maximum absolute atomic E-state index is 15.7. The number of ether oxygens (including phenoxy) is 1. The molecule has 3 aromatic rings. The zero-order valence-corrected chi connectivity index (χ0v) is 23.8. The Kier molecular flexibility index (Phi) is 8.41. The van der Waals surface area contributed by atoms with E-state index in [2.05, 4.69) is 16.7 Å². The van der Waals surface area contributed by atoms with Crippen molar-refractivity contribution >= 4 is 34.8 Å². The lowest BCUT2D eigenvalue weighted by Gasteiger charge is -2.37. The Bertz CT molecular complexity index is 1490. The average Bonchev–Trinajstić information content (AvgIpc) is 3.19. The summed E-state index contributed by atoms with van der Waals surface area (Å²) in [5.74, 6) is -4.11. The predicted molar refractivity (Wildman–Crippen MR) is 149 cm³/mol. The first-order chi connectivity index (χ1) is 18.8. The van der Waals surface area contributed by atoms with E-state index >= 15 is 8.78 Å². The normalized spacial score (nSPS) is 22.6. The number of halogens is 5. The summed E-state index contributed by atoms with van der Waals surface area (Å²) in [6.07, 6.45) is 0.308. The molecule has 0 aromatic heterocycles.